The molecule has 1 N–H and O–H groups in total. The third-order valence-corrected chi connectivity index (χ3v) is 5.28. The summed E-state index contributed by atoms with van der Waals surface area (Å²) in [7, 11) is 0. The molecule has 6 nitrogen and oxygen atoms in total. The van der Waals surface area contributed by atoms with Crippen LogP contribution in [-0.2, 0) is 15.8 Å². The number of carbonyl (C=O) groups excluding carboxylic acids is 2. The number of amides is 2. The summed E-state index contributed by atoms with van der Waals surface area (Å²) in [5.74, 6) is -1.28. The number of alkyl halides is 3. The van der Waals surface area contributed by atoms with Gasteiger partial charge in [0, 0.05) is 24.6 Å². The SMILES string of the molecule is CC(C)c1nnc(NC(=O)[C@H]2CC(=O)N(c3cccc(C(F)(F)F)c3)C2)s1. The van der Waals surface area contributed by atoms with Crippen molar-refractivity contribution in [1.82, 2.24) is 10.2 Å². The van der Waals surface area contributed by atoms with Crippen molar-refractivity contribution < 1.29 is 22.8 Å². The second kappa shape index (κ2) is 7.26. The summed E-state index contributed by atoms with van der Waals surface area (Å²) in [6.07, 6.45) is -4.57. The van der Waals surface area contributed by atoms with Gasteiger partial charge in [0.25, 0.3) is 0 Å². The van der Waals surface area contributed by atoms with Gasteiger partial charge in [-0.15, -0.1) is 10.2 Å². The predicted octanol–water partition coefficient (Wildman–Crippen LogP) is 3.67. The second-order valence-electron chi connectivity index (χ2n) is 6.54. The molecule has 144 valence electrons. The van der Waals surface area contributed by atoms with Gasteiger partial charge in [-0.25, -0.2) is 0 Å². The second-order valence-corrected chi connectivity index (χ2v) is 7.55. The highest BCUT2D eigenvalue weighted by Gasteiger charge is 2.37. The summed E-state index contributed by atoms with van der Waals surface area (Å²) < 4.78 is 38.6. The highest BCUT2D eigenvalue weighted by molar-refractivity contribution is 7.15. The fraction of sp³-hybridized carbons (Fsp3) is 0.412. The van der Waals surface area contributed by atoms with Crippen LogP contribution in [0.15, 0.2) is 24.3 Å². The lowest BCUT2D eigenvalue weighted by Crippen LogP contribution is -2.28. The molecule has 1 atom stereocenters. The number of nitrogens with one attached hydrogen (secondary N) is 1. The van der Waals surface area contributed by atoms with Gasteiger partial charge in [-0.2, -0.15) is 13.2 Å². The van der Waals surface area contributed by atoms with Crippen molar-refractivity contribution in [2.75, 3.05) is 16.8 Å². The number of aromatic nitrogens is 2. The fourth-order valence-electron chi connectivity index (χ4n) is 2.71. The summed E-state index contributed by atoms with van der Waals surface area (Å²) in [5, 5.41) is 11.6. The Kier molecular flexibility index (Phi) is 5.18. The predicted molar refractivity (Wildman–Crippen MR) is 94.5 cm³/mol. The van der Waals surface area contributed by atoms with Gasteiger partial charge in [-0.05, 0) is 18.2 Å². The number of hydrogen-bond donors (Lipinski definition) is 1. The van der Waals surface area contributed by atoms with Crippen molar-refractivity contribution in [2.24, 2.45) is 5.92 Å². The molecule has 27 heavy (non-hydrogen) atoms. The van der Waals surface area contributed by atoms with Crippen LogP contribution in [0.25, 0.3) is 0 Å². The molecule has 1 aliphatic rings. The zero-order chi connectivity index (χ0) is 19.8. The first-order chi connectivity index (χ1) is 12.6. The fourth-order valence-corrected chi connectivity index (χ4v) is 3.46. The summed E-state index contributed by atoms with van der Waals surface area (Å²) in [5.41, 5.74) is -0.709. The third-order valence-electron chi connectivity index (χ3n) is 4.15. The summed E-state index contributed by atoms with van der Waals surface area (Å²) in [6.45, 7) is 3.92. The Morgan fingerprint density at radius 3 is 2.70 bits per heavy atom. The Bertz CT molecular complexity index is 866. The highest BCUT2D eigenvalue weighted by atomic mass is 32.1. The van der Waals surface area contributed by atoms with Gasteiger partial charge in [0.15, 0.2) is 0 Å². The molecule has 0 unspecified atom stereocenters. The van der Waals surface area contributed by atoms with E-state index in [9.17, 15) is 22.8 Å². The maximum Gasteiger partial charge on any atom is 0.416 e. The average Bonchev–Trinajstić information content (AvgIpc) is 3.21. The van der Waals surface area contributed by atoms with Gasteiger partial charge in [-0.1, -0.05) is 31.3 Å². The minimum Gasteiger partial charge on any atom is -0.312 e. The van der Waals surface area contributed by atoms with Crippen LogP contribution in [0, 0.1) is 5.92 Å². The molecule has 2 heterocycles. The van der Waals surface area contributed by atoms with Crippen LogP contribution >= 0.6 is 11.3 Å². The van der Waals surface area contributed by atoms with Gasteiger partial charge in [0.1, 0.15) is 5.01 Å². The van der Waals surface area contributed by atoms with Gasteiger partial charge < -0.3 is 10.2 Å². The van der Waals surface area contributed by atoms with Crippen LogP contribution < -0.4 is 10.2 Å². The van der Waals surface area contributed by atoms with Crippen molar-refractivity contribution in [3.63, 3.8) is 0 Å². The first-order valence-corrected chi connectivity index (χ1v) is 9.08. The van der Waals surface area contributed by atoms with Gasteiger partial charge in [-0.3, -0.25) is 9.59 Å². The largest absolute Gasteiger partial charge is 0.416 e. The van der Waals surface area contributed by atoms with E-state index >= 15 is 0 Å². The Hall–Kier alpha value is -2.49. The molecule has 0 saturated carbocycles. The Morgan fingerprint density at radius 1 is 1.33 bits per heavy atom. The van der Waals surface area contributed by atoms with Crippen molar-refractivity contribution in [3.8, 4) is 0 Å². The van der Waals surface area contributed by atoms with E-state index in [4.69, 9.17) is 0 Å². The number of nitrogens with zero attached hydrogens (tertiary/aromatic N) is 3. The highest BCUT2D eigenvalue weighted by Crippen LogP contribution is 2.33. The molecule has 1 fully saturated rings. The van der Waals surface area contributed by atoms with Crippen molar-refractivity contribution in [1.29, 1.82) is 0 Å². The zero-order valence-electron chi connectivity index (χ0n) is 14.6. The summed E-state index contributed by atoms with van der Waals surface area (Å²) >= 11 is 1.25. The number of hydrogen-bond acceptors (Lipinski definition) is 5. The molecule has 1 aliphatic heterocycles. The first kappa shape index (κ1) is 19.3. The minimum absolute atomic E-state index is 0.0157. The Morgan fingerprint density at radius 2 is 2.07 bits per heavy atom. The smallest absolute Gasteiger partial charge is 0.312 e. The lowest BCUT2D eigenvalue weighted by atomic mass is 10.1. The van der Waals surface area contributed by atoms with E-state index in [1.165, 1.54) is 28.4 Å². The number of anilines is 2. The molecule has 1 aromatic heterocycles. The van der Waals surface area contributed by atoms with E-state index in [1.54, 1.807) is 0 Å². The van der Waals surface area contributed by atoms with Crippen LogP contribution in [0.4, 0.5) is 24.0 Å². The van der Waals surface area contributed by atoms with Crippen molar-refractivity contribution >= 4 is 34.0 Å². The Balaban J connectivity index is 1.70. The van der Waals surface area contributed by atoms with Crippen LogP contribution in [0.5, 0.6) is 0 Å². The molecule has 0 spiro atoms. The molecule has 0 aliphatic carbocycles. The van der Waals surface area contributed by atoms with Gasteiger partial charge >= 0.3 is 6.18 Å². The normalized spacial score (nSPS) is 17.6. The standard InChI is InChI=1S/C17H17F3N4O2S/c1-9(2)15-22-23-16(27-15)21-14(26)10-6-13(25)24(8-10)12-5-3-4-11(7-12)17(18,19)20/h3-5,7,9-10H,6,8H2,1-2H3,(H,21,23,26)/t10-/m0/s1. The third kappa shape index (κ3) is 4.26. The van der Waals surface area contributed by atoms with Gasteiger partial charge in [0.05, 0.1) is 11.5 Å². The van der Waals surface area contributed by atoms with E-state index in [0.717, 1.165) is 17.1 Å². The van der Waals surface area contributed by atoms with E-state index < -0.39 is 29.5 Å². The lowest BCUT2D eigenvalue weighted by molar-refractivity contribution is -0.137. The van der Waals surface area contributed by atoms with E-state index in [0.29, 0.717) is 5.13 Å². The number of rotatable bonds is 4. The van der Waals surface area contributed by atoms with Crippen LogP contribution in [-0.4, -0.2) is 28.6 Å². The first-order valence-electron chi connectivity index (χ1n) is 8.27. The topological polar surface area (TPSA) is 75.2 Å². The lowest BCUT2D eigenvalue weighted by Gasteiger charge is -2.18. The summed E-state index contributed by atoms with van der Waals surface area (Å²) in [4.78, 5) is 25.9. The molecular weight excluding hydrogens is 381 g/mol. The monoisotopic (exact) mass is 398 g/mol. The number of carbonyl (C=O) groups is 2. The molecule has 1 saturated heterocycles. The molecule has 10 heteroatoms. The van der Waals surface area contributed by atoms with E-state index in [-0.39, 0.29) is 24.6 Å². The molecule has 3 rings (SSSR count). The number of benzene rings is 1. The van der Waals surface area contributed by atoms with Crippen molar-refractivity contribution in [2.45, 2.75) is 32.4 Å². The minimum atomic E-state index is -4.50. The van der Waals surface area contributed by atoms with Crippen molar-refractivity contribution in [3.05, 3.63) is 34.8 Å². The van der Waals surface area contributed by atoms with E-state index in [1.807, 2.05) is 13.8 Å². The van der Waals surface area contributed by atoms with Crippen LogP contribution in [0.2, 0.25) is 0 Å². The van der Waals surface area contributed by atoms with Crippen LogP contribution in [0.1, 0.15) is 36.8 Å². The quantitative estimate of drug-likeness (QED) is 0.853. The van der Waals surface area contributed by atoms with E-state index in [2.05, 4.69) is 15.5 Å². The maximum absolute atomic E-state index is 12.9. The maximum atomic E-state index is 12.9. The molecular formula is C17H17F3N4O2S. The molecule has 0 bridgehead atoms. The molecule has 1 aromatic carbocycles. The number of halogens is 3. The Labute approximate surface area is 157 Å². The molecule has 0 radical (unpaired) electrons. The average molecular weight is 398 g/mol. The van der Waals surface area contributed by atoms with Crippen LogP contribution in [0.3, 0.4) is 0 Å². The van der Waals surface area contributed by atoms with Gasteiger partial charge in [0.2, 0.25) is 16.9 Å². The molecule has 2 aromatic rings. The molecule has 2 amide bonds. The zero-order valence-corrected chi connectivity index (χ0v) is 15.4. The summed E-state index contributed by atoms with van der Waals surface area (Å²) in [6, 6.07) is 4.52.